The average Bonchev–Trinajstić information content (AvgIpc) is 2.51. The third-order valence-corrected chi connectivity index (χ3v) is 2.30. The largest absolute Gasteiger partial charge is 2.00 e. The number of aromatic carboxylic acids is 1. The molecular formula is C9H6CaClNO5. The molecule has 0 saturated heterocycles. The molecule has 17 heavy (non-hydrogen) atoms. The molecule has 0 bridgehead atoms. The Hall–Kier alpha value is -0.660. The van der Waals surface area contributed by atoms with Crippen LogP contribution in [0.15, 0.2) is 18.2 Å². The zero-order valence-electron chi connectivity index (χ0n) is 10.3. The number of carbonyl (C=O) groups is 3. The number of imide groups is 1. The van der Waals surface area contributed by atoms with Gasteiger partial charge in [-0.05, 0) is 18.2 Å². The second-order valence-electron chi connectivity index (χ2n) is 3.04. The molecule has 1 heterocycles. The minimum absolute atomic E-state index is 0. The number of hydroxylamine groups is 2. The second kappa shape index (κ2) is 5.32. The van der Waals surface area contributed by atoms with Crippen molar-refractivity contribution in [3.05, 3.63) is 34.9 Å². The van der Waals surface area contributed by atoms with E-state index in [1.165, 1.54) is 12.1 Å². The standard InChI is InChI=1S/C9H4ClNO5.Ca.2H/c10-16-11-7(12)5-2-1-4(9(14)15)3-6(5)8(11)13;;;/h1-3H,(H,14,15);;;/q;+2;2*-1. The van der Waals surface area contributed by atoms with E-state index in [1.54, 1.807) is 0 Å². The first-order chi connectivity index (χ1) is 7.56. The normalized spacial score (nSPS) is 13.4. The minimum atomic E-state index is -1.19. The Morgan fingerprint density at radius 3 is 2.41 bits per heavy atom. The molecule has 86 valence electrons. The number of amides is 2. The first-order valence-corrected chi connectivity index (χ1v) is 4.42. The first kappa shape index (κ1) is 14.4. The van der Waals surface area contributed by atoms with Crippen LogP contribution in [0.25, 0.3) is 0 Å². The summed E-state index contributed by atoms with van der Waals surface area (Å²) in [7, 11) is 0. The fourth-order valence-electron chi connectivity index (χ4n) is 1.41. The number of carboxylic acids is 1. The van der Waals surface area contributed by atoms with Gasteiger partial charge in [0.15, 0.2) is 0 Å². The van der Waals surface area contributed by atoms with Crippen LogP contribution in [-0.4, -0.2) is 65.7 Å². The van der Waals surface area contributed by atoms with Crippen LogP contribution in [0.5, 0.6) is 0 Å². The Kier molecular flexibility index (Phi) is 4.51. The molecule has 6 nitrogen and oxygen atoms in total. The van der Waals surface area contributed by atoms with Crippen molar-refractivity contribution in [1.82, 2.24) is 5.06 Å². The molecule has 1 aromatic rings. The van der Waals surface area contributed by atoms with Crippen molar-refractivity contribution < 1.29 is 26.7 Å². The van der Waals surface area contributed by atoms with Crippen LogP contribution in [0.4, 0.5) is 0 Å². The molecule has 0 atom stereocenters. The third kappa shape index (κ3) is 2.31. The molecule has 8 heteroatoms. The number of fused-ring (bicyclic) bond motifs is 1. The van der Waals surface area contributed by atoms with Crippen molar-refractivity contribution in [1.29, 1.82) is 0 Å². The summed E-state index contributed by atoms with van der Waals surface area (Å²) in [6, 6.07) is 3.58. The van der Waals surface area contributed by atoms with Crippen molar-refractivity contribution in [3.63, 3.8) is 0 Å². The smallest absolute Gasteiger partial charge is 1.00 e. The van der Waals surface area contributed by atoms with Gasteiger partial charge >= 0.3 is 43.7 Å². The summed E-state index contributed by atoms with van der Waals surface area (Å²) >= 11 is 4.96. The summed E-state index contributed by atoms with van der Waals surface area (Å²) in [5, 5.41) is 9.08. The van der Waals surface area contributed by atoms with Crippen LogP contribution in [-0.2, 0) is 4.39 Å². The molecule has 1 N–H and O–H groups in total. The maximum Gasteiger partial charge on any atom is 2.00 e. The van der Waals surface area contributed by atoms with Gasteiger partial charge in [0.2, 0.25) is 0 Å². The van der Waals surface area contributed by atoms with E-state index in [-0.39, 0.29) is 57.3 Å². The SMILES string of the molecule is O=C(O)c1ccc2c(c1)C(=O)N(OCl)C2=O.[Ca+2].[H-].[H-]. The van der Waals surface area contributed by atoms with E-state index in [2.05, 4.69) is 4.39 Å². The Balaban J connectivity index is 0. The summed E-state index contributed by atoms with van der Waals surface area (Å²) in [5.41, 5.74) is -0.0578. The molecule has 0 aromatic heterocycles. The number of nitrogens with zero attached hydrogens (tertiary/aromatic N) is 1. The van der Waals surface area contributed by atoms with Crippen molar-refractivity contribution >= 4 is 67.4 Å². The Labute approximate surface area is 133 Å². The average molecular weight is 284 g/mol. The summed E-state index contributed by atoms with van der Waals surface area (Å²) in [5.74, 6) is -2.68. The van der Waals surface area contributed by atoms with Gasteiger partial charge in [0.25, 0.3) is 11.8 Å². The first-order valence-electron chi connectivity index (χ1n) is 4.11. The number of hydrogen-bond donors (Lipinski definition) is 1. The second-order valence-corrected chi connectivity index (χ2v) is 3.18. The van der Waals surface area contributed by atoms with Gasteiger partial charge < -0.3 is 7.96 Å². The van der Waals surface area contributed by atoms with Crippen LogP contribution in [0.3, 0.4) is 0 Å². The van der Waals surface area contributed by atoms with Crippen molar-refractivity contribution in [3.8, 4) is 0 Å². The number of rotatable bonds is 2. The molecule has 0 radical (unpaired) electrons. The molecule has 2 rings (SSSR count). The molecule has 0 saturated carbocycles. The molecule has 0 spiro atoms. The van der Waals surface area contributed by atoms with Gasteiger partial charge in [0.1, 0.15) is 0 Å². The van der Waals surface area contributed by atoms with Gasteiger partial charge in [-0.3, -0.25) is 9.59 Å². The Morgan fingerprint density at radius 1 is 1.29 bits per heavy atom. The molecular weight excluding hydrogens is 278 g/mol. The monoisotopic (exact) mass is 283 g/mol. The van der Waals surface area contributed by atoms with Gasteiger partial charge in [-0.15, -0.1) is 9.45 Å². The van der Waals surface area contributed by atoms with Gasteiger partial charge in [0, 0.05) is 0 Å². The van der Waals surface area contributed by atoms with Crippen molar-refractivity contribution in [2.75, 3.05) is 0 Å². The molecule has 1 aromatic carbocycles. The molecule has 0 unspecified atom stereocenters. The van der Waals surface area contributed by atoms with E-state index < -0.39 is 17.8 Å². The van der Waals surface area contributed by atoms with Crippen LogP contribution in [0.2, 0.25) is 0 Å². The van der Waals surface area contributed by atoms with Gasteiger partial charge in [0.05, 0.1) is 28.6 Å². The Morgan fingerprint density at radius 2 is 1.88 bits per heavy atom. The predicted octanol–water partition coefficient (Wildman–Crippen LogP) is 0.910. The van der Waals surface area contributed by atoms with Gasteiger partial charge in [-0.25, -0.2) is 4.79 Å². The number of carbonyl (C=O) groups excluding carboxylic acids is 2. The number of benzene rings is 1. The van der Waals surface area contributed by atoms with E-state index >= 15 is 0 Å². The van der Waals surface area contributed by atoms with Crippen LogP contribution in [0, 0.1) is 0 Å². The quantitative estimate of drug-likeness (QED) is 0.644. The van der Waals surface area contributed by atoms with Crippen molar-refractivity contribution in [2.24, 2.45) is 0 Å². The maximum atomic E-state index is 11.5. The molecule has 1 aliphatic heterocycles. The number of halogens is 1. The zero-order valence-corrected chi connectivity index (χ0v) is 11.3. The van der Waals surface area contributed by atoms with Gasteiger partial charge in [-0.1, -0.05) is 0 Å². The molecule has 2 amide bonds. The summed E-state index contributed by atoms with van der Waals surface area (Å²) in [6.45, 7) is 0. The van der Waals surface area contributed by atoms with E-state index in [1.807, 2.05) is 0 Å². The third-order valence-electron chi connectivity index (χ3n) is 2.17. The molecule has 0 fully saturated rings. The number of hydrogen-bond acceptors (Lipinski definition) is 4. The zero-order chi connectivity index (χ0) is 11.9. The Bertz CT molecular complexity index is 527. The summed E-state index contributed by atoms with van der Waals surface area (Å²) < 4.78 is 4.08. The van der Waals surface area contributed by atoms with E-state index in [0.29, 0.717) is 5.06 Å². The van der Waals surface area contributed by atoms with Crippen LogP contribution < -0.4 is 0 Å². The van der Waals surface area contributed by atoms with Gasteiger partial charge in [-0.2, -0.15) is 0 Å². The molecule has 1 aliphatic rings. The fraction of sp³-hybridized carbons (Fsp3) is 0. The predicted molar refractivity (Wildman–Crippen MR) is 58.8 cm³/mol. The maximum absolute atomic E-state index is 11.5. The van der Waals surface area contributed by atoms with Crippen molar-refractivity contribution in [2.45, 2.75) is 0 Å². The molecule has 0 aliphatic carbocycles. The topological polar surface area (TPSA) is 83.9 Å². The summed E-state index contributed by atoms with van der Waals surface area (Å²) in [4.78, 5) is 33.7. The summed E-state index contributed by atoms with van der Waals surface area (Å²) in [6.07, 6.45) is 0. The van der Waals surface area contributed by atoms with Crippen LogP contribution >= 0.6 is 11.9 Å². The number of carboxylic acid groups (broad SMARTS) is 1. The van der Waals surface area contributed by atoms with E-state index in [4.69, 9.17) is 17.0 Å². The van der Waals surface area contributed by atoms with E-state index in [0.717, 1.165) is 6.07 Å². The minimum Gasteiger partial charge on any atom is -1.00 e. The fourth-order valence-corrected chi connectivity index (χ4v) is 1.54. The van der Waals surface area contributed by atoms with Crippen LogP contribution in [0.1, 0.15) is 33.9 Å². The van der Waals surface area contributed by atoms with E-state index in [9.17, 15) is 14.4 Å².